The van der Waals surface area contributed by atoms with Crippen LogP contribution >= 0.6 is 43.2 Å². The molecule has 3 aromatic rings. The first kappa shape index (κ1) is 25.2. The van der Waals surface area contributed by atoms with Gasteiger partial charge in [-0.2, -0.15) is 0 Å². The van der Waals surface area contributed by atoms with E-state index in [0.29, 0.717) is 14.8 Å². The molecule has 1 aliphatic heterocycles. The minimum atomic E-state index is -0.893. The molecule has 2 heterocycles. The Hall–Kier alpha value is -2.95. The van der Waals surface area contributed by atoms with Crippen LogP contribution in [0.5, 0.6) is 0 Å². The number of methoxy groups -OCH3 is 1. The second kappa shape index (κ2) is 10.3. The van der Waals surface area contributed by atoms with E-state index in [1.54, 1.807) is 31.2 Å². The van der Waals surface area contributed by atoms with Crippen molar-refractivity contribution in [3.8, 4) is 0 Å². The molecule has 0 bridgehead atoms. The number of nitrogens with two attached hydrogens (primary N) is 1. The Morgan fingerprint density at radius 3 is 2.40 bits per heavy atom. The monoisotopic (exact) mass is 618 g/mol. The van der Waals surface area contributed by atoms with Crippen molar-refractivity contribution < 1.29 is 19.1 Å². The van der Waals surface area contributed by atoms with E-state index in [1.165, 1.54) is 11.7 Å². The van der Waals surface area contributed by atoms with Crippen LogP contribution in [-0.4, -0.2) is 30.2 Å². The van der Waals surface area contributed by atoms with Gasteiger partial charge in [-0.05, 0) is 48.4 Å². The summed E-state index contributed by atoms with van der Waals surface area (Å²) in [6, 6.07) is 14.6. The van der Waals surface area contributed by atoms with Gasteiger partial charge in [0.15, 0.2) is 0 Å². The van der Waals surface area contributed by atoms with Crippen molar-refractivity contribution in [2.75, 3.05) is 13.7 Å². The number of benzene rings is 2. The van der Waals surface area contributed by atoms with Crippen molar-refractivity contribution in [1.29, 1.82) is 0 Å². The number of aromatic nitrogens is 1. The number of esters is 2. The molecule has 1 aromatic heterocycles. The highest BCUT2D eigenvalue weighted by molar-refractivity contribution is 9.10. The summed E-state index contributed by atoms with van der Waals surface area (Å²) < 4.78 is 13.8. The van der Waals surface area contributed by atoms with Crippen LogP contribution in [0.4, 0.5) is 0 Å². The van der Waals surface area contributed by atoms with Crippen molar-refractivity contribution in [3.05, 3.63) is 93.7 Å². The Morgan fingerprint density at radius 1 is 1.09 bits per heavy atom. The minimum Gasteiger partial charge on any atom is -0.466 e. The van der Waals surface area contributed by atoms with Crippen molar-refractivity contribution in [3.63, 3.8) is 0 Å². The molecule has 4 rings (SSSR count). The molecule has 2 aromatic carbocycles. The quantitative estimate of drug-likeness (QED) is 0.441. The second-order valence-corrected chi connectivity index (χ2v) is 10.4. The molecule has 35 heavy (non-hydrogen) atoms. The average molecular weight is 620 g/mol. The lowest BCUT2D eigenvalue weighted by Gasteiger charge is -2.26. The van der Waals surface area contributed by atoms with E-state index in [-0.39, 0.29) is 23.6 Å². The van der Waals surface area contributed by atoms with Gasteiger partial charge in [-0.15, -0.1) is 11.3 Å². The molecule has 0 aliphatic carbocycles. The molecule has 10 heteroatoms. The third kappa shape index (κ3) is 4.78. The summed E-state index contributed by atoms with van der Waals surface area (Å²) in [6.07, 6.45) is 1.71. The first-order valence-electron chi connectivity index (χ1n) is 10.5. The molecule has 1 atom stereocenters. The number of ether oxygens (including phenoxy) is 2. The van der Waals surface area contributed by atoms with E-state index in [9.17, 15) is 14.4 Å². The van der Waals surface area contributed by atoms with Crippen molar-refractivity contribution >= 4 is 72.6 Å². The van der Waals surface area contributed by atoms with Gasteiger partial charge in [0.2, 0.25) is 0 Å². The third-order valence-electron chi connectivity index (χ3n) is 5.38. The van der Waals surface area contributed by atoms with Crippen molar-refractivity contribution in [2.45, 2.75) is 12.8 Å². The van der Waals surface area contributed by atoms with Gasteiger partial charge in [-0.3, -0.25) is 9.36 Å². The molecule has 1 aliphatic rings. The Balaban J connectivity index is 2.13. The smallest absolute Gasteiger partial charge is 0.338 e. The van der Waals surface area contributed by atoms with Gasteiger partial charge >= 0.3 is 11.9 Å². The van der Waals surface area contributed by atoms with Crippen molar-refractivity contribution in [2.24, 2.45) is 5.73 Å². The molecular weight excluding hydrogens is 600 g/mol. The molecular formula is C25H20Br2N2O5S. The SMILES string of the molecule is CCOC(=O)C1=C(N)n2c(sc(=Cc3cccc(Br)c3)c2=O)=C(C(=O)OC)[C@H]1c1cccc(Br)c1. The zero-order chi connectivity index (χ0) is 25.3. The number of carbonyl (C=O) groups excluding carboxylic acids is 2. The Labute approximate surface area is 221 Å². The minimum absolute atomic E-state index is 0.00626. The lowest BCUT2D eigenvalue weighted by atomic mass is 9.83. The fraction of sp³-hybridized carbons (Fsp3) is 0.160. The van der Waals surface area contributed by atoms with E-state index in [2.05, 4.69) is 31.9 Å². The maximum absolute atomic E-state index is 13.5. The summed E-state index contributed by atoms with van der Waals surface area (Å²) in [5.41, 5.74) is 7.58. The molecule has 0 saturated carbocycles. The van der Waals surface area contributed by atoms with E-state index in [0.717, 1.165) is 25.8 Å². The lowest BCUT2D eigenvalue weighted by molar-refractivity contribution is -0.138. The van der Waals surface area contributed by atoms with Crippen LogP contribution in [0.25, 0.3) is 17.5 Å². The Bertz CT molecular complexity index is 1550. The number of nitrogens with zero attached hydrogens (tertiary/aromatic N) is 1. The predicted octanol–water partition coefficient (Wildman–Crippen LogP) is 3.08. The second-order valence-electron chi connectivity index (χ2n) is 7.52. The first-order chi connectivity index (χ1) is 16.8. The zero-order valence-electron chi connectivity index (χ0n) is 18.7. The Morgan fingerprint density at radius 2 is 1.77 bits per heavy atom. The standard InChI is InChI=1S/C25H20Br2N2O5S/c1-3-34-25(32)19-18(14-7-5-9-16(27)12-14)20(24(31)33-2)23-29(21(19)28)22(30)17(35-23)11-13-6-4-8-15(26)10-13/h4-12,18H,3,28H2,1-2H3/t18-/m0/s1. The summed E-state index contributed by atoms with van der Waals surface area (Å²) in [5.74, 6) is -2.35. The number of hydrogen-bond acceptors (Lipinski definition) is 7. The van der Waals surface area contributed by atoms with Gasteiger partial charge in [0.25, 0.3) is 5.56 Å². The lowest BCUT2D eigenvalue weighted by Crippen LogP contribution is -2.41. The van der Waals surface area contributed by atoms with E-state index >= 15 is 0 Å². The summed E-state index contributed by atoms with van der Waals surface area (Å²) in [6.45, 7) is 1.77. The normalized spacial score (nSPS) is 15.7. The predicted molar refractivity (Wildman–Crippen MR) is 142 cm³/mol. The topological polar surface area (TPSA) is 101 Å². The van der Waals surface area contributed by atoms with Gasteiger partial charge in [0.05, 0.1) is 35.3 Å². The maximum Gasteiger partial charge on any atom is 0.338 e. The number of halogens is 2. The molecule has 2 N–H and O–H groups in total. The molecule has 0 radical (unpaired) electrons. The van der Waals surface area contributed by atoms with Gasteiger partial charge in [0.1, 0.15) is 10.5 Å². The van der Waals surface area contributed by atoms with E-state index < -0.39 is 23.4 Å². The van der Waals surface area contributed by atoms with Gasteiger partial charge < -0.3 is 15.2 Å². The number of carbonyl (C=O) groups is 2. The highest BCUT2D eigenvalue weighted by Crippen LogP contribution is 2.38. The van der Waals surface area contributed by atoms with Crippen LogP contribution in [-0.2, 0) is 19.1 Å². The fourth-order valence-electron chi connectivity index (χ4n) is 3.93. The summed E-state index contributed by atoms with van der Waals surface area (Å²) in [4.78, 5) is 39.8. The van der Waals surface area contributed by atoms with Gasteiger partial charge in [-0.25, -0.2) is 9.59 Å². The third-order valence-corrected chi connectivity index (χ3v) is 7.47. The zero-order valence-corrected chi connectivity index (χ0v) is 22.7. The maximum atomic E-state index is 13.5. The van der Waals surface area contributed by atoms with Crippen LogP contribution in [0.1, 0.15) is 24.0 Å². The van der Waals surface area contributed by atoms with Gasteiger partial charge in [-0.1, -0.05) is 56.1 Å². The summed E-state index contributed by atoms with van der Waals surface area (Å²) >= 11 is 7.99. The molecule has 0 fully saturated rings. The Kier molecular flexibility index (Phi) is 7.44. The molecule has 7 nitrogen and oxygen atoms in total. The van der Waals surface area contributed by atoms with E-state index in [4.69, 9.17) is 15.2 Å². The molecule has 0 amide bonds. The first-order valence-corrected chi connectivity index (χ1v) is 12.9. The van der Waals surface area contributed by atoms with Gasteiger partial charge in [0, 0.05) is 8.95 Å². The number of fused-ring (bicyclic) bond motifs is 1. The van der Waals surface area contributed by atoms with Crippen LogP contribution in [0.15, 0.2) is 67.8 Å². The van der Waals surface area contributed by atoms with Crippen LogP contribution in [0.2, 0.25) is 0 Å². The number of thiazole rings is 1. The van der Waals surface area contributed by atoms with E-state index in [1.807, 2.05) is 30.3 Å². The average Bonchev–Trinajstić information content (AvgIpc) is 3.14. The summed E-state index contributed by atoms with van der Waals surface area (Å²) in [5, 5.41) is 0. The highest BCUT2D eigenvalue weighted by Gasteiger charge is 2.39. The highest BCUT2D eigenvalue weighted by atomic mass is 79.9. The molecule has 180 valence electrons. The summed E-state index contributed by atoms with van der Waals surface area (Å²) in [7, 11) is 1.25. The number of rotatable bonds is 5. The molecule has 0 spiro atoms. The largest absolute Gasteiger partial charge is 0.466 e. The van der Waals surface area contributed by atoms with Crippen LogP contribution in [0, 0.1) is 0 Å². The fourth-order valence-corrected chi connectivity index (χ4v) is 5.93. The molecule has 0 unspecified atom stereocenters. The number of hydrogen-bond donors (Lipinski definition) is 1. The van der Waals surface area contributed by atoms with Crippen LogP contribution < -0.4 is 20.5 Å². The van der Waals surface area contributed by atoms with Crippen LogP contribution in [0.3, 0.4) is 0 Å². The van der Waals surface area contributed by atoms with Crippen molar-refractivity contribution in [1.82, 2.24) is 4.57 Å². The molecule has 0 saturated heterocycles.